The van der Waals surface area contributed by atoms with Crippen molar-refractivity contribution in [2.45, 2.75) is 18.6 Å². The molecule has 0 aliphatic carbocycles. The van der Waals surface area contributed by atoms with Gasteiger partial charge in [-0.15, -0.1) is 0 Å². The normalized spacial score (nSPS) is 18.9. The Bertz CT molecular complexity index is 1140. The average Bonchev–Trinajstić information content (AvgIpc) is 3.51. The van der Waals surface area contributed by atoms with Gasteiger partial charge < -0.3 is 34.2 Å². The summed E-state index contributed by atoms with van der Waals surface area (Å²) >= 11 is 3.53. The maximum absolute atomic E-state index is 12.9. The Morgan fingerprint density at radius 2 is 1.75 bits per heavy atom. The minimum Gasteiger partial charge on any atom is -0.493 e. The van der Waals surface area contributed by atoms with E-state index in [0.29, 0.717) is 46.4 Å². The summed E-state index contributed by atoms with van der Waals surface area (Å²) in [6, 6.07) is 3.29. The maximum atomic E-state index is 12.9. The number of nitrogens with zero attached hydrogens (tertiary/aromatic N) is 2. The Morgan fingerprint density at radius 1 is 1.11 bits per heavy atom. The second kappa shape index (κ2) is 11.6. The number of carbonyl (C=O) groups is 1. The first-order valence-corrected chi connectivity index (χ1v) is 12.0. The summed E-state index contributed by atoms with van der Waals surface area (Å²) in [4.78, 5) is 15.1. The quantitative estimate of drug-likeness (QED) is 0.238. The zero-order valence-electron chi connectivity index (χ0n) is 21.3. The number of nitrogen functional groups attached to an aromatic ring is 1. The third-order valence-electron chi connectivity index (χ3n) is 6.26. The van der Waals surface area contributed by atoms with Crippen LogP contribution in [0.25, 0.3) is 0 Å². The van der Waals surface area contributed by atoms with Crippen molar-refractivity contribution in [2.24, 2.45) is 5.11 Å². The molecule has 12 heteroatoms. The Kier molecular flexibility index (Phi) is 8.75. The van der Waals surface area contributed by atoms with Crippen molar-refractivity contribution in [1.29, 1.82) is 0 Å². The molecule has 2 unspecified atom stereocenters. The van der Waals surface area contributed by atoms with Crippen LogP contribution in [0.15, 0.2) is 17.2 Å². The van der Waals surface area contributed by atoms with Crippen LogP contribution in [0.1, 0.15) is 39.2 Å². The van der Waals surface area contributed by atoms with Gasteiger partial charge in [-0.1, -0.05) is 11.2 Å². The lowest BCUT2D eigenvalue weighted by atomic mass is 9.84. The molecule has 2 aromatic rings. The van der Waals surface area contributed by atoms with Crippen LogP contribution in [0.3, 0.4) is 0 Å². The van der Waals surface area contributed by atoms with Gasteiger partial charge in [-0.2, -0.15) is 18.2 Å². The molecular formula is C24H33N4O7S+. The number of likely N-dealkylation sites (N-methyl/N-ethyl adjacent to an activating group) is 1. The molecule has 0 bridgehead atoms. The lowest BCUT2D eigenvalue weighted by Crippen LogP contribution is -2.36. The highest BCUT2D eigenvalue weighted by Crippen LogP contribution is 2.57. The number of nitrogens with two attached hydrogens (primary N) is 2. The third-order valence-corrected chi connectivity index (χ3v) is 6.26. The zero-order valence-corrected chi connectivity index (χ0v) is 22.2. The maximum Gasteiger partial charge on any atom is 0.343 e. The molecule has 196 valence electrons. The van der Waals surface area contributed by atoms with E-state index in [0.717, 1.165) is 23.2 Å². The topological polar surface area (TPSA) is 140 Å². The molecule has 2 atom stereocenters. The summed E-state index contributed by atoms with van der Waals surface area (Å²) < 4.78 is 33.8. The number of esters is 1. The van der Waals surface area contributed by atoms with Crippen LogP contribution in [0.5, 0.6) is 28.7 Å². The molecule has 3 heterocycles. The van der Waals surface area contributed by atoms with Crippen molar-refractivity contribution in [3.8, 4) is 28.7 Å². The summed E-state index contributed by atoms with van der Waals surface area (Å²) in [6.07, 6.45) is 1.82. The van der Waals surface area contributed by atoms with Crippen molar-refractivity contribution in [3.63, 3.8) is 0 Å². The van der Waals surface area contributed by atoms with Gasteiger partial charge in [-0.05, 0) is 31.4 Å². The van der Waals surface area contributed by atoms with Gasteiger partial charge in [0, 0.05) is 17.7 Å². The number of carbonyl (C=O) groups excluding carboxylic acids is 1. The first-order valence-electron chi connectivity index (χ1n) is 11.1. The highest BCUT2D eigenvalue weighted by molar-refractivity contribution is 7.79. The van der Waals surface area contributed by atoms with Gasteiger partial charge in [0.25, 0.3) is 0 Å². The van der Waals surface area contributed by atoms with Crippen LogP contribution in [0.4, 0.5) is 5.69 Å². The first-order chi connectivity index (χ1) is 17.4. The number of benzene rings is 2. The van der Waals surface area contributed by atoms with Crippen molar-refractivity contribution in [3.05, 3.63) is 34.4 Å². The summed E-state index contributed by atoms with van der Waals surface area (Å²) in [5.41, 5.74) is 14.4. The van der Waals surface area contributed by atoms with E-state index >= 15 is 0 Å². The fourth-order valence-corrected chi connectivity index (χ4v) is 4.87. The van der Waals surface area contributed by atoms with Crippen molar-refractivity contribution >= 4 is 24.3 Å². The highest BCUT2D eigenvalue weighted by atomic mass is 32.1. The highest BCUT2D eigenvalue weighted by Gasteiger charge is 2.47. The van der Waals surface area contributed by atoms with Gasteiger partial charge >= 0.3 is 5.97 Å². The van der Waals surface area contributed by atoms with Crippen LogP contribution in [-0.4, -0.2) is 65.9 Å². The minimum absolute atomic E-state index is 0.0809. The molecule has 0 saturated heterocycles. The van der Waals surface area contributed by atoms with Crippen molar-refractivity contribution in [1.82, 2.24) is 4.90 Å². The van der Waals surface area contributed by atoms with Crippen LogP contribution >= 0.6 is 12.6 Å². The molecule has 36 heavy (non-hydrogen) atoms. The van der Waals surface area contributed by atoms with Gasteiger partial charge in [0.2, 0.25) is 12.5 Å². The van der Waals surface area contributed by atoms with Crippen molar-refractivity contribution < 1.29 is 38.7 Å². The zero-order chi connectivity index (χ0) is 26.6. The molecule has 4 N–H and O–H groups in total. The second-order valence-electron chi connectivity index (χ2n) is 7.93. The van der Waals surface area contributed by atoms with Gasteiger partial charge in [-0.3, -0.25) is 4.90 Å². The van der Waals surface area contributed by atoms with Crippen LogP contribution in [0.2, 0.25) is 0 Å². The molecule has 3 aliphatic rings. The van der Waals surface area contributed by atoms with E-state index in [2.05, 4.69) is 28.2 Å². The molecule has 5 rings (SSSR count). The summed E-state index contributed by atoms with van der Waals surface area (Å²) in [5.74, 6) is 1.93. The minimum atomic E-state index is -0.583. The van der Waals surface area contributed by atoms with Gasteiger partial charge in [0.05, 0.1) is 40.1 Å². The Hall–Kier alpha value is -3.38. The van der Waals surface area contributed by atoms with E-state index in [1.807, 2.05) is 13.1 Å². The molecule has 0 aromatic heterocycles. The number of fused-ring (bicyclic) bond motifs is 3. The predicted octanol–water partition coefficient (Wildman–Crippen LogP) is 1.84. The Labute approximate surface area is 215 Å². The van der Waals surface area contributed by atoms with E-state index in [4.69, 9.17) is 34.2 Å². The van der Waals surface area contributed by atoms with Crippen molar-refractivity contribution in [2.75, 3.05) is 60.8 Å². The Morgan fingerprint density at radius 3 is 2.36 bits per heavy atom. The SMILES string of the molecule is CN=[NH2+].COc1ccc2c(c1OC)C(=O)OC2C1c2c(c(N)c3c(c2OC)OCO3)CCN1C.CS. The largest absolute Gasteiger partial charge is 0.493 e. The van der Waals surface area contributed by atoms with E-state index in [1.54, 1.807) is 19.4 Å². The summed E-state index contributed by atoms with van der Waals surface area (Å²) in [5, 5.41) is 3.00. The molecule has 11 nitrogen and oxygen atoms in total. The van der Waals surface area contributed by atoms with E-state index in [1.165, 1.54) is 21.3 Å². The Balaban J connectivity index is 0.000000674. The second-order valence-corrected chi connectivity index (χ2v) is 7.93. The molecule has 3 aliphatic heterocycles. The van der Waals surface area contributed by atoms with E-state index in [-0.39, 0.29) is 12.8 Å². The van der Waals surface area contributed by atoms with Gasteiger partial charge in [-0.25, -0.2) is 4.79 Å². The van der Waals surface area contributed by atoms with Gasteiger partial charge in [0.1, 0.15) is 11.7 Å². The lowest BCUT2D eigenvalue weighted by Gasteiger charge is -2.39. The summed E-state index contributed by atoms with van der Waals surface area (Å²) in [7, 11) is 8.14. The number of thiol groups is 1. The number of cyclic esters (lactones) is 1. The average molecular weight is 522 g/mol. The standard InChI is InChI=1S/C22H24N2O7.CH4N2.CH4S/c1-24-8-7-10-13(19(28-4)21-20(15(10)23)29-9-30-21)16(24)17-11-5-6-12(26-2)18(27-3)14(11)22(25)31-17;1-3-2;1-2/h5-6,16-17H,7-9,23H2,1-4H3;2H,1H3;2H,1H3/p+1. The predicted molar refractivity (Wildman–Crippen MR) is 135 cm³/mol. The molecule has 0 radical (unpaired) electrons. The van der Waals surface area contributed by atoms with E-state index < -0.39 is 12.1 Å². The van der Waals surface area contributed by atoms with Crippen LogP contribution < -0.4 is 34.9 Å². The van der Waals surface area contributed by atoms with Crippen LogP contribution in [0, 0.1) is 0 Å². The number of methoxy groups -OCH3 is 3. The number of hydrogen-bond acceptors (Lipinski definition) is 11. The molecule has 0 spiro atoms. The lowest BCUT2D eigenvalue weighted by molar-refractivity contribution is -0.216. The number of rotatable bonds is 4. The molecule has 2 aromatic carbocycles. The molecule has 0 saturated carbocycles. The summed E-state index contributed by atoms with van der Waals surface area (Å²) in [6.45, 7) is 0.804. The number of hydrogen-bond donors (Lipinski definition) is 3. The smallest absolute Gasteiger partial charge is 0.343 e. The fraction of sp³-hybridized carbons (Fsp3) is 0.458. The number of ether oxygens (including phenoxy) is 6. The molecular weight excluding hydrogens is 488 g/mol. The molecule has 0 amide bonds. The van der Waals surface area contributed by atoms with Crippen LogP contribution in [-0.2, 0) is 11.2 Å². The number of anilines is 1. The molecule has 0 fully saturated rings. The fourth-order valence-electron chi connectivity index (χ4n) is 4.87. The van der Waals surface area contributed by atoms with Gasteiger partial charge in [0.15, 0.2) is 23.0 Å². The monoisotopic (exact) mass is 521 g/mol. The van der Waals surface area contributed by atoms with E-state index in [9.17, 15) is 4.79 Å². The third kappa shape index (κ3) is 4.35. The first kappa shape index (κ1) is 27.2.